The van der Waals surface area contributed by atoms with Crippen molar-refractivity contribution in [3.05, 3.63) is 0 Å². The monoisotopic (exact) mass is 161 g/mol. The van der Waals surface area contributed by atoms with Crippen molar-refractivity contribution < 1.29 is 9.90 Å². The van der Waals surface area contributed by atoms with Gasteiger partial charge in [0.25, 0.3) is 0 Å². The van der Waals surface area contributed by atoms with E-state index in [2.05, 4.69) is 5.32 Å². The topological polar surface area (TPSA) is 49.3 Å². The number of carboxylic acids is 1. The normalized spacial score (nSPS) is 27.4. The van der Waals surface area contributed by atoms with Gasteiger partial charge in [0.05, 0.1) is 0 Å². The van der Waals surface area contributed by atoms with E-state index in [4.69, 9.17) is 5.11 Å². The van der Waals surface area contributed by atoms with Gasteiger partial charge in [0.1, 0.15) is 6.04 Å². The van der Waals surface area contributed by atoms with Gasteiger partial charge >= 0.3 is 5.97 Å². The third-order valence-corrected chi connectivity index (χ3v) is 2.50. The van der Waals surface area contributed by atoms with E-state index in [0.717, 1.165) is 24.5 Å². The Hall–Kier alpha value is -0.220. The van der Waals surface area contributed by atoms with Crippen LogP contribution in [-0.2, 0) is 4.79 Å². The summed E-state index contributed by atoms with van der Waals surface area (Å²) in [7, 11) is 0. The Morgan fingerprint density at radius 1 is 1.60 bits per heavy atom. The van der Waals surface area contributed by atoms with Gasteiger partial charge in [0, 0.05) is 12.3 Å². The van der Waals surface area contributed by atoms with Crippen molar-refractivity contribution in [2.75, 3.05) is 18.1 Å². The molecule has 1 aliphatic heterocycles. The molecule has 0 amide bonds. The number of carboxylic acid groups (broad SMARTS) is 1. The van der Waals surface area contributed by atoms with Crippen LogP contribution in [0.5, 0.6) is 0 Å². The molecule has 1 fully saturated rings. The fourth-order valence-electron chi connectivity index (χ4n) is 0.921. The maximum atomic E-state index is 10.4. The number of hydrogen-bond acceptors (Lipinski definition) is 3. The molecule has 1 heterocycles. The number of thioether (sulfide) groups is 1. The van der Waals surface area contributed by atoms with Crippen LogP contribution in [0.3, 0.4) is 0 Å². The molecule has 0 saturated carbocycles. The van der Waals surface area contributed by atoms with Crippen LogP contribution in [0, 0.1) is 0 Å². The second-order valence-electron chi connectivity index (χ2n) is 2.25. The third-order valence-electron chi connectivity index (χ3n) is 1.49. The van der Waals surface area contributed by atoms with Crippen molar-refractivity contribution in [1.29, 1.82) is 0 Å². The van der Waals surface area contributed by atoms with Gasteiger partial charge in [-0.1, -0.05) is 0 Å². The zero-order valence-electron chi connectivity index (χ0n) is 5.67. The highest BCUT2D eigenvalue weighted by atomic mass is 32.2. The van der Waals surface area contributed by atoms with E-state index in [-0.39, 0.29) is 6.04 Å². The number of aliphatic carboxylic acids is 1. The first-order chi connectivity index (χ1) is 4.80. The van der Waals surface area contributed by atoms with Crippen molar-refractivity contribution in [2.24, 2.45) is 0 Å². The Balaban J connectivity index is 2.35. The van der Waals surface area contributed by atoms with Crippen LogP contribution in [0.1, 0.15) is 6.42 Å². The molecule has 0 bridgehead atoms. The average molecular weight is 161 g/mol. The van der Waals surface area contributed by atoms with Crippen LogP contribution in [0.2, 0.25) is 0 Å². The second kappa shape index (κ2) is 3.83. The van der Waals surface area contributed by atoms with Crippen molar-refractivity contribution >= 4 is 17.7 Å². The summed E-state index contributed by atoms with van der Waals surface area (Å²) in [5.41, 5.74) is 0. The van der Waals surface area contributed by atoms with Gasteiger partial charge in [-0.05, 0) is 12.2 Å². The first-order valence-electron chi connectivity index (χ1n) is 3.34. The van der Waals surface area contributed by atoms with E-state index in [1.54, 1.807) is 0 Å². The molecule has 0 unspecified atom stereocenters. The molecule has 0 aromatic heterocycles. The predicted octanol–water partition coefficient (Wildman–Crippen LogP) is 0.166. The molecule has 1 atom stereocenters. The van der Waals surface area contributed by atoms with Gasteiger partial charge in [-0.3, -0.25) is 4.79 Å². The smallest absolute Gasteiger partial charge is 0.320 e. The minimum atomic E-state index is -0.720. The quantitative estimate of drug-likeness (QED) is 0.575. The lowest BCUT2D eigenvalue weighted by Gasteiger charge is -2.07. The summed E-state index contributed by atoms with van der Waals surface area (Å²) < 4.78 is 0. The summed E-state index contributed by atoms with van der Waals surface area (Å²) >= 11 is 1.81. The van der Waals surface area contributed by atoms with E-state index in [9.17, 15) is 4.79 Å². The van der Waals surface area contributed by atoms with Crippen LogP contribution in [-0.4, -0.2) is 35.2 Å². The molecular weight excluding hydrogens is 150 g/mol. The molecule has 0 radical (unpaired) electrons. The fourth-order valence-corrected chi connectivity index (χ4v) is 1.79. The van der Waals surface area contributed by atoms with E-state index in [1.807, 2.05) is 11.8 Å². The van der Waals surface area contributed by atoms with Gasteiger partial charge in [-0.25, -0.2) is 0 Å². The Morgan fingerprint density at radius 2 is 2.40 bits per heavy atom. The molecular formula is C6H11NO2S. The first kappa shape index (κ1) is 7.88. The molecule has 0 spiro atoms. The molecule has 4 heteroatoms. The van der Waals surface area contributed by atoms with Crippen LogP contribution >= 0.6 is 11.8 Å². The SMILES string of the molecule is O=C(O)[C@@H]1CCSCCN1. The lowest BCUT2D eigenvalue weighted by atomic mass is 10.2. The predicted molar refractivity (Wildman–Crippen MR) is 41.4 cm³/mol. The van der Waals surface area contributed by atoms with Crippen molar-refractivity contribution in [3.63, 3.8) is 0 Å². The molecule has 3 nitrogen and oxygen atoms in total. The number of rotatable bonds is 1. The van der Waals surface area contributed by atoms with Crippen LogP contribution in [0.4, 0.5) is 0 Å². The summed E-state index contributed by atoms with van der Waals surface area (Å²) in [6.45, 7) is 0.821. The number of hydrogen-bond donors (Lipinski definition) is 2. The summed E-state index contributed by atoms with van der Waals surface area (Å²) in [5, 5.41) is 11.6. The van der Waals surface area contributed by atoms with Gasteiger partial charge in [-0.2, -0.15) is 11.8 Å². The average Bonchev–Trinajstić information content (AvgIpc) is 2.12. The Kier molecular flexibility index (Phi) is 3.02. The number of carbonyl (C=O) groups is 1. The van der Waals surface area contributed by atoms with Crippen molar-refractivity contribution in [1.82, 2.24) is 5.32 Å². The van der Waals surface area contributed by atoms with Crippen LogP contribution in [0.25, 0.3) is 0 Å². The van der Waals surface area contributed by atoms with Gasteiger partial charge in [0.15, 0.2) is 0 Å². The lowest BCUT2D eigenvalue weighted by molar-refractivity contribution is -0.139. The molecule has 0 aromatic carbocycles. The van der Waals surface area contributed by atoms with E-state index in [0.29, 0.717) is 0 Å². The van der Waals surface area contributed by atoms with Crippen LogP contribution < -0.4 is 5.32 Å². The van der Waals surface area contributed by atoms with Crippen molar-refractivity contribution in [3.8, 4) is 0 Å². The van der Waals surface area contributed by atoms with Gasteiger partial charge in [-0.15, -0.1) is 0 Å². The molecule has 2 N–H and O–H groups in total. The van der Waals surface area contributed by atoms with Crippen molar-refractivity contribution in [2.45, 2.75) is 12.5 Å². The minimum Gasteiger partial charge on any atom is -0.480 e. The van der Waals surface area contributed by atoms with Crippen LogP contribution in [0.15, 0.2) is 0 Å². The zero-order valence-corrected chi connectivity index (χ0v) is 6.49. The Labute approximate surface area is 64.2 Å². The maximum Gasteiger partial charge on any atom is 0.320 e. The molecule has 1 saturated heterocycles. The number of nitrogens with one attached hydrogen (secondary N) is 1. The maximum absolute atomic E-state index is 10.4. The largest absolute Gasteiger partial charge is 0.480 e. The summed E-state index contributed by atoms with van der Waals surface area (Å²) in [4.78, 5) is 10.4. The highest BCUT2D eigenvalue weighted by Crippen LogP contribution is 2.08. The van der Waals surface area contributed by atoms with E-state index < -0.39 is 5.97 Å². The summed E-state index contributed by atoms with van der Waals surface area (Å²) in [5.74, 6) is 1.27. The van der Waals surface area contributed by atoms with E-state index in [1.165, 1.54) is 0 Å². The zero-order chi connectivity index (χ0) is 7.40. The van der Waals surface area contributed by atoms with Gasteiger partial charge in [0.2, 0.25) is 0 Å². The highest BCUT2D eigenvalue weighted by molar-refractivity contribution is 7.99. The van der Waals surface area contributed by atoms with E-state index >= 15 is 0 Å². The molecule has 0 aromatic rings. The standard InChI is InChI=1S/C6H11NO2S/c8-6(9)5-1-3-10-4-2-7-5/h5,7H,1-4H2,(H,8,9)/t5-/m0/s1. The summed E-state index contributed by atoms with van der Waals surface area (Å²) in [6, 6.07) is -0.310. The van der Waals surface area contributed by atoms with Gasteiger partial charge < -0.3 is 10.4 Å². The molecule has 0 aliphatic carbocycles. The second-order valence-corrected chi connectivity index (χ2v) is 3.47. The Morgan fingerprint density at radius 3 is 3.10 bits per heavy atom. The molecule has 58 valence electrons. The lowest BCUT2D eigenvalue weighted by Crippen LogP contribution is -2.36. The fraction of sp³-hybridized carbons (Fsp3) is 0.833. The Bertz CT molecular complexity index is 121. The molecule has 10 heavy (non-hydrogen) atoms. The summed E-state index contributed by atoms with van der Waals surface area (Å²) in [6.07, 6.45) is 0.750. The molecule has 1 aliphatic rings. The minimum absolute atomic E-state index is 0.310. The molecule has 1 rings (SSSR count). The third kappa shape index (κ3) is 2.19. The first-order valence-corrected chi connectivity index (χ1v) is 4.50. The highest BCUT2D eigenvalue weighted by Gasteiger charge is 2.17.